The summed E-state index contributed by atoms with van der Waals surface area (Å²) in [5.74, 6) is -0.176. The van der Waals surface area contributed by atoms with Crippen LogP contribution in [0.3, 0.4) is 0 Å². The predicted octanol–water partition coefficient (Wildman–Crippen LogP) is 4.12. The average Bonchev–Trinajstić information content (AvgIpc) is 2.70. The molecule has 3 nitrogen and oxygen atoms in total. The normalized spacial score (nSPS) is 10.3. The molecule has 0 unspecified atom stereocenters. The minimum atomic E-state index is -0.176. The largest absolute Gasteiger partial charge is 0.320 e. The summed E-state index contributed by atoms with van der Waals surface area (Å²) < 4.78 is 1.37. The number of hydrogen-bond donors (Lipinski definition) is 1. The Hall–Kier alpha value is -0.910. The molecule has 88 valence electrons. The molecule has 0 fully saturated rings. The van der Waals surface area contributed by atoms with E-state index in [2.05, 4.69) is 26.2 Å². The topological polar surface area (TPSA) is 42.0 Å². The summed E-state index contributed by atoms with van der Waals surface area (Å²) in [4.78, 5) is 16.5. The van der Waals surface area contributed by atoms with Crippen LogP contribution < -0.4 is 5.32 Å². The van der Waals surface area contributed by atoms with Crippen molar-refractivity contribution in [2.45, 2.75) is 6.92 Å². The van der Waals surface area contributed by atoms with Crippen LogP contribution in [0.2, 0.25) is 4.34 Å². The lowest BCUT2D eigenvalue weighted by atomic mass is 10.3. The van der Waals surface area contributed by atoms with E-state index < -0.39 is 0 Å². The summed E-state index contributed by atoms with van der Waals surface area (Å²) in [7, 11) is 0. The first kappa shape index (κ1) is 12.5. The molecule has 6 heteroatoms. The molecule has 1 amide bonds. The van der Waals surface area contributed by atoms with Crippen LogP contribution in [0.4, 0.5) is 5.69 Å². The molecule has 0 aliphatic heterocycles. The highest BCUT2D eigenvalue weighted by atomic mass is 79.9. The Balaban J connectivity index is 2.15. The van der Waals surface area contributed by atoms with Gasteiger partial charge in [0, 0.05) is 0 Å². The number of aryl methyl sites for hydroxylation is 1. The van der Waals surface area contributed by atoms with Gasteiger partial charge in [-0.25, -0.2) is 4.98 Å². The molecular weight excluding hydrogens is 324 g/mol. The first-order chi connectivity index (χ1) is 8.06. The van der Waals surface area contributed by atoms with Crippen molar-refractivity contribution >= 4 is 50.5 Å². The average molecular weight is 332 g/mol. The molecule has 1 N–H and O–H groups in total. The zero-order chi connectivity index (χ0) is 12.4. The number of thiophene rings is 1. The van der Waals surface area contributed by atoms with Gasteiger partial charge in [0.1, 0.15) is 4.60 Å². The summed E-state index contributed by atoms with van der Waals surface area (Å²) in [5, 5.41) is 2.77. The van der Waals surface area contributed by atoms with Crippen LogP contribution in [0.5, 0.6) is 0 Å². The Morgan fingerprint density at radius 3 is 2.88 bits per heavy atom. The molecule has 0 atom stereocenters. The van der Waals surface area contributed by atoms with Crippen LogP contribution in [-0.2, 0) is 0 Å². The van der Waals surface area contributed by atoms with Crippen molar-refractivity contribution in [2.75, 3.05) is 5.32 Å². The predicted molar refractivity (Wildman–Crippen MR) is 74.0 cm³/mol. The zero-order valence-electron chi connectivity index (χ0n) is 8.83. The van der Waals surface area contributed by atoms with Gasteiger partial charge in [-0.1, -0.05) is 11.6 Å². The second kappa shape index (κ2) is 5.16. The van der Waals surface area contributed by atoms with Gasteiger partial charge in [-0.2, -0.15) is 0 Å². The minimum absolute atomic E-state index is 0.176. The van der Waals surface area contributed by atoms with Gasteiger partial charge in [0.2, 0.25) is 0 Å². The van der Waals surface area contributed by atoms with Gasteiger partial charge >= 0.3 is 0 Å². The number of amides is 1. The molecule has 0 spiro atoms. The molecule has 0 aliphatic rings. The molecule has 17 heavy (non-hydrogen) atoms. The molecule has 2 heterocycles. The van der Waals surface area contributed by atoms with Crippen molar-refractivity contribution in [2.24, 2.45) is 0 Å². The number of rotatable bonds is 2. The lowest BCUT2D eigenvalue weighted by molar-refractivity contribution is 0.103. The molecule has 0 aromatic carbocycles. The monoisotopic (exact) mass is 330 g/mol. The fraction of sp³-hybridized carbons (Fsp3) is 0.0909. The first-order valence-electron chi connectivity index (χ1n) is 4.75. The van der Waals surface area contributed by atoms with Crippen LogP contribution in [0.1, 0.15) is 15.2 Å². The molecule has 2 rings (SSSR count). The minimum Gasteiger partial charge on any atom is -0.320 e. The van der Waals surface area contributed by atoms with E-state index >= 15 is 0 Å². The van der Waals surface area contributed by atoms with Gasteiger partial charge in [0.05, 0.1) is 21.1 Å². The summed E-state index contributed by atoms with van der Waals surface area (Å²) in [5.41, 5.74) is 1.63. The quantitative estimate of drug-likeness (QED) is 0.841. The van der Waals surface area contributed by atoms with Crippen molar-refractivity contribution in [3.05, 3.63) is 43.8 Å². The maximum Gasteiger partial charge on any atom is 0.265 e. The Morgan fingerprint density at radius 2 is 2.29 bits per heavy atom. The number of halogens is 2. The molecule has 0 aliphatic carbocycles. The lowest BCUT2D eigenvalue weighted by Gasteiger charge is -2.04. The number of carbonyl (C=O) groups excluding carboxylic acids is 1. The second-order valence-corrected chi connectivity index (χ2v) is 5.86. The van der Waals surface area contributed by atoms with E-state index in [1.54, 1.807) is 18.3 Å². The van der Waals surface area contributed by atoms with Gasteiger partial charge < -0.3 is 5.32 Å². The molecule has 0 saturated carbocycles. The number of anilines is 1. The number of nitrogens with one attached hydrogen (secondary N) is 1. The van der Waals surface area contributed by atoms with Gasteiger partial charge in [-0.3, -0.25) is 4.79 Å². The summed E-state index contributed by atoms with van der Waals surface area (Å²) >= 11 is 10.3. The first-order valence-corrected chi connectivity index (χ1v) is 6.74. The van der Waals surface area contributed by atoms with Crippen molar-refractivity contribution < 1.29 is 4.79 Å². The smallest absolute Gasteiger partial charge is 0.265 e. The van der Waals surface area contributed by atoms with Crippen molar-refractivity contribution in [1.29, 1.82) is 0 Å². The van der Waals surface area contributed by atoms with E-state index in [-0.39, 0.29) is 5.91 Å². The second-order valence-electron chi connectivity index (χ2n) is 3.39. The van der Waals surface area contributed by atoms with E-state index in [0.29, 0.717) is 14.9 Å². The number of aromatic nitrogens is 1. The fourth-order valence-corrected chi connectivity index (χ4v) is 2.41. The van der Waals surface area contributed by atoms with E-state index in [4.69, 9.17) is 11.6 Å². The van der Waals surface area contributed by atoms with Crippen LogP contribution in [-0.4, -0.2) is 10.9 Å². The Labute approximate surface area is 116 Å². The zero-order valence-corrected chi connectivity index (χ0v) is 12.0. The molecule has 0 radical (unpaired) electrons. The maximum absolute atomic E-state index is 11.8. The van der Waals surface area contributed by atoms with Crippen molar-refractivity contribution in [1.82, 2.24) is 4.98 Å². The number of carbonyl (C=O) groups is 1. The van der Waals surface area contributed by atoms with Gasteiger partial charge in [-0.15, -0.1) is 11.3 Å². The fourth-order valence-electron chi connectivity index (χ4n) is 1.26. The molecule has 2 aromatic heterocycles. The maximum atomic E-state index is 11.8. The Morgan fingerprint density at radius 1 is 1.53 bits per heavy atom. The third-order valence-corrected chi connectivity index (χ3v) is 4.13. The van der Waals surface area contributed by atoms with Crippen LogP contribution >= 0.6 is 38.9 Å². The van der Waals surface area contributed by atoms with Gasteiger partial charge in [0.15, 0.2) is 0 Å². The van der Waals surface area contributed by atoms with E-state index in [9.17, 15) is 4.79 Å². The summed E-state index contributed by atoms with van der Waals surface area (Å²) in [6.45, 7) is 1.91. The highest BCUT2D eigenvalue weighted by molar-refractivity contribution is 9.10. The lowest BCUT2D eigenvalue weighted by Crippen LogP contribution is -2.10. The van der Waals surface area contributed by atoms with E-state index in [1.807, 2.05) is 13.0 Å². The summed E-state index contributed by atoms with van der Waals surface area (Å²) in [6, 6.07) is 5.25. The highest BCUT2D eigenvalue weighted by Gasteiger charge is 2.09. The SMILES string of the molecule is Cc1cc(NC(=O)c2ccc(Cl)s2)cnc1Br. The highest BCUT2D eigenvalue weighted by Crippen LogP contribution is 2.23. The van der Waals surface area contributed by atoms with Crippen LogP contribution in [0, 0.1) is 6.92 Å². The molecule has 2 aromatic rings. The van der Waals surface area contributed by atoms with Gasteiger partial charge in [-0.05, 0) is 46.6 Å². The van der Waals surface area contributed by atoms with E-state index in [1.165, 1.54) is 11.3 Å². The number of nitrogens with zero attached hydrogens (tertiary/aromatic N) is 1. The standard InChI is InChI=1S/C11H8BrClN2OS/c1-6-4-7(5-14-10(6)12)15-11(16)8-2-3-9(13)17-8/h2-5H,1H3,(H,15,16). The van der Waals surface area contributed by atoms with Crippen molar-refractivity contribution in [3.8, 4) is 0 Å². The van der Waals surface area contributed by atoms with Crippen LogP contribution in [0.15, 0.2) is 29.0 Å². The molecule has 0 saturated heterocycles. The molecule has 0 bridgehead atoms. The third kappa shape index (κ3) is 3.06. The van der Waals surface area contributed by atoms with E-state index in [0.717, 1.165) is 10.2 Å². The summed E-state index contributed by atoms with van der Waals surface area (Å²) in [6.07, 6.45) is 1.60. The Bertz CT molecular complexity index is 570. The Kier molecular flexibility index (Phi) is 3.81. The van der Waals surface area contributed by atoms with Gasteiger partial charge in [0.25, 0.3) is 5.91 Å². The number of pyridine rings is 1. The van der Waals surface area contributed by atoms with Crippen LogP contribution in [0.25, 0.3) is 0 Å². The van der Waals surface area contributed by atoms with Crippen molar-refractivity contribution in [3.63, 3.8) is 0 Å². The number of hydrogen-bond acceptors (Lipinski definition) is 3. The molecular formula is C11H8BrClN2OS. The third-order valence-electron chi connectivity index (χ3n) is 2.07.